The van der Waals surface area contributed by atoms with Crippen LogP contribution in [0.25, 0.3) is 0 Å². The van der Waals surface area contributed by atoms with E-state index in [0.29, 0.717) is 12.1 Å². The van der Waals surface area contributed by atoms with E-state index >= 15 is 0 Å². The van der Waals surface area contributed by atoms with Crippen LogP contribution in [0.5, 0.6) is 0 Å². The van der Waals surface area contributed by atoms with Gasteiger partial charge in [-0.1, -0.05) is 39.3 Å². The van der Waals surface area contributed by atoms with Gasteiger partial charge in [-0.3, -0.25) is 9.59 Å². The van der Waals surface area contributed by atoms with Gasteiger partial charge < -0.3 is 15.2 Å². The summed E-state index contributed by atoms with van der Waals surface area (Å²) in [5.41, 5.74) is 1.74. The first-order valence-electron chi connectivity index (χ1n) is 9.91. The number of fused-ring (bicyclic) bond motifs is 1. The number of amides is 2. The van der Waals surface area contributed by atoms with Gasteiger partial charge in [0, 0.05) is 18.5 Å². The fourth-order valence-electron chi connectivity index (χ4n) is 3.30. The summed E-state index contributed by atoms with van der Waals surface area (Å²) in [7, 11) is 0. The van der Waals surface area contributed by atoms with E-state index in [9.17, 15) is 9.59 Å². The third-order valence-electron chi connectivity index (χ3n) is 5.05. The summed E-state index contributed by atoms with van der Waals surface area (Å²) < 4.78 is 2.10. The molecule has 0 unspecified atom stereocenters. The van der Waals surface area contributed by atoms with E-state index in [0.717, 1.165) is 43.0 Å². The monoisotopic (exact) mass is 383 g/mol. The van der Waals surface area contributed by atoms with Gasteiger partial charge in [-0.25, -0.2) is 0 Å². The molecular formula is C21H29N5O2. The summed E-state index contributed by atoms with van der Waals surface area (Å²) in [6.07, 6.45) is 4.37. The molecule has 2 aromatic rings. The lowest BCUT2D eigenvalue weighted by molar-refractivity contribution is -0.120. The van der Waals surface area contributed by atoms with Crippen LogP contribution in [0.4, 0.5) is 0 Å². The fraction of sp³-hybridized carbons (Fsp3) is 0.524. The number of benzene rings is 1. The van der Waals surface area contributed by atoms with Crippen molar-refractivity contribution in [2.45, 2.75) is 65.0 Å². The molecule has 28 heavy (non-hydrogen) atoms. The average molecular weight is 383 g/mol. The third-order valence-corrected chi connectivity index (χ3v) is 5.05. The second-order valence-corrected chi connectivity index (χ2v) is 8.28. The van der Waals surface area contributed by atoms with E-state index in [1.807, 2.05) is 12.1 Å². The molecule has 7 nitrogen and oxygen atoms in total. The van der Waals surface area contributed by atoms with Gasteiger partial charge in [-0.15, -0.1) is 10.2 Å². The SMILES string of the molecule is CC(C)(C)c1ccc(C(=O)NCC(=O)NCc2nnc3n2CCCCC3)cc1. The molecule has 1 aromatic heterocycles. The Bertz CT molecular complexity index is 833. The van der Waals surface area contributed by atoms with Crippen LogP contribution in [0.15, 0.2) is 24.3 Å². The Balaban J connectivity index is 1.48. The molecule has 1 aliphatic heterocycles. The van der Waals surface area contributed by atoms with E-state index in [-0.39, 0.29) is 23.8 Å². The lowest BCUT2D eigenvalue weighted by Gasteiger charge is -2.19. The Morgan fingerprint density at radius 1 is 1.04 bits per heavy atom. The standard InChI is InChI=1S/C21H29N5O2/c1-21(2,3)16-10-8-15(9-11-16)20(28)23-14-19(27)22-13-18-25-24-17-7-5-4-6-12-26(17)18/h8-11H,4-7,12-14H2,1-3H3,(H,22,27)(H,23,28). The lowest BCUT2D eigenvalue weighted by Crippen LogP contribution is -2.37. The van der Waals surface area contributed by atoms with Gasteiger partial charge in [0.05, 0.1) is 13.1 Å². The third kappa shape index (κ3) is 4.97. The van der Waals surface area contributed by atoms with Crippen molar-refractivity contribution in [3.63, 3.8) is 0 Å². The Hall–Kier alpha value is -2.70. The fourth-order valence-corrected chi connectivity index (χ4v) is 3.30. The highest BCUT2D eigenvalue weighted by molar-refractivity contribution is 5.96. The van der Waals surface area contributed by atoms with E-state index in [2.05, 4.69) is 46.2 Å². The van der Waals surface area contributed by atoms with Crippen LogP contribution in [-0.4, -0.2) is 33.1 Å². The predicted octanol–water partition coefficient (Wildman–Crippen LogP) is 2.35. The van der Waals surface area contributed by atoms with Crippen molar-refractivity contribution in [1.82, 2.24) is 25.4 Å². The van der Waals surface area contributed by atoms with Crippen LogP contribution in [0, 0.1) is 0 Å². The van der Waals surface area contributed by atoms with Gasteiger partial charge in [-0.2, -0.15) is 0 Å². The van der Waals surface area contributed by atoms with Crippen molar-refractivity contribution in [1.29, 1.82) is 0 Å². The second kappa shape index (κ2) is 8.54. The van der Waals surface area contributed by atoms with E-state index in [1.165, 1.54) is 6.42 Å². The molecule has 0 bridgehead atoms. The number of hydrogen-bond acceptors (Lipinski definition) is 4. The first-order valence-corrected chi connectivity index (χ1v) is 9.91. The number of aromatic nitrogens is 3. The number of carbonyl (C=O) groups is 2. The summed E-state index contributed by atoms with van der Waals surface area (Å²) in [6, 6.07) is 7.48. The molecule has 1 aliphatic rings. The van der Waals surface area contributed by atoms with Gasteiger partial charge >= 0.3 is 0 Å². The van der Waals surface area contributed by atoms with E-state index < -0.39 is 0 Å². The zero-order valence-electron chi connectivity index (χ0n) is 16.9. The first-order chi connectivity index (χ1) is 13.3. The van der Waals surface area contributed by atoms with Gasteiger partial charge in [-0.05, 0) is 36.0 Å². The Morgan fingerprint density at radius 2 is 1.79 bits per heavy atom. The second-order valence-electron chi connectivity index (χ2n) is 8.28. The van der Waals surface area contributed by atoms with Crippen LogP contribution in [0.2, 0.25) is 0 Å². The van der Waals surface area contributed by atoms with Gasteiger partial charge in [0.2, 0.25) is 5.91 Å². The number of nitrogens with zero attached hydrogens (tertiary/aromatic N) is 3. The molecule has 2 heterocycles. The molecule has 1 aromatic carbocycles. The Morgan fingerprint density at radius 3 is 2.50 bits per heavy atom. The summed E-state index contributed by atoms with van der Waals surface area (Å²) in [4.78, 5) is 24.4. The maximum atomic E-state index is 12.3. The minimum atomic E-state index is -0.257. The number of nitrogens with one attached hydrogen (secondary N) is 2. The maximum Gasteiger partial charge on any atom is 0.251 e. The molecule has 0 atom stereocenters. The molecule has 0 aliphatic carbocycles. The minimum absolute atomic E-state index is 0.0365. The Labute approximate surface area is 165 Å². The zero-order chi connectivity index (χ0) is 20.1. The summed E-state index contributed by atoms with van der Waals surface area (Å²) in [5.74, 6) is 1.26. The molecular weight excluding hydrogens is 354 g/mol. The largest absolute Gasteiger partial charge is 0.347 e. The summed E-state index contributed by atoms with van der Waals surface area (Å²) >= 11 is 0. The van der Waals surface area contributed by atoms with Crippen molar-refractivity contribution >= 4 is 11.8 Å². The smallest absolute Gasteiger partial charge is 0.251 e. The Kier molecular flexibility index (Phi) is 6.11. The minimum Gasteiger partial charge on any atom is -0.347 e. The molecule has 2 N–H and O–H groups in total. The zero-order valence-corrected chi connectivity index (χ0v) is 16.9. The summed E-state index contributed by atoms with van der Waals surface area (Å²) in [6.45, 7) is 7.53. The molecule has 7 heteroatoms. The van der Waals surface area contributed by atoms with E-state index in [1.54, 1.807) is 12.1 Å². The average Bonchev–Trinajstić information content (AvgIpc) is 2.90. The molecule has 0 saturated carbocycles. The molecule has 0 spiro atoms. The molecule has 0 saturated heterocycles. The number of rotatable bonds is 5. The van der Waals surface area contributed by atoms with Gasteiger partial charge in [0.1, 0.15) is 5.82 Å². The molecule has 0 radical (unpaired) electrons. The van der Waals surface area contributed by atoms with Crippen LogP contribution >= 0.6 is 0 Å². The predicted molar refractivity (Wildman–Crippen MR) is 107 cm³/mol. The number of hydrogen-bond donors (Lipinski definition) is 2. The topological polar surface area (TPSA) is 88.9 Å². The van der Waals surface area contributed by atoms with Crippen LogP contribution in [0.1, 0.15) is 67.6 Å². The highest BCUT2D eigenvalue weighted by Gasteiger charge is 2.16. The van der Waals surface area contributed by atoms with E-state index in [4.69, 9.17) is 0 Å². The molecule has 2 amide bonds. The molecule has 0 fully saturated rings. The molecule has 3 rings (SSSR count). The maximum absolute atomic E-state index is 12.3. The number of aryl methyl sites for hydroxylation is 1. The van der Waals surface area contributed by atoms with Crippen LogP contribution in [-0.2, 0) is 29.7 Å². The van der Waals surface area contributed by atoms with Gasteiger partial charge in [0.25, 0.3) is 5.91 Å². The van der Waals surface area contributed by atoms with Crippen molar-refractivity contribution in [2.75, 3.05) is 6.54 Å². The van der Waals surface area contributed by atoms with Crippen LogP contribution < -0.4 is 10.6 Å². The highest BCUT2D eigenvalue weighted by Crippen LogP contribution is 2.22. The van der Waals surface area contributed by atoms with Crippen molar-refractivity contribution < 1.29 is 9.59 Å². The van der Waals surface area contributed by atoms with Crippen molar-refractivity contribution in [2.24, 2.45) is 0 Å². The molecule has 150 valence electrons. The normalized spacial score (nSPS) is 14.1. The first kappa shape index (κ1) is 20.0. The van der Waals surface area contributed by atoms with Crippen molar-refractivity contribution in [3.05, 3.63) is 47.0 Å². The van der Waals surface area contributed by atoms with Crippen molar-refractivity contribution in [3.8, 4) is 0 Å². The quantitative estimate of drug-likeness (QED) is 0.829. The number of carbonyl (C=O) groups excluding carboxylic acids is 2. The van der Waals surface area contributed by atoms with Crippen LogP contribution in [0.3, 0.4) is 0 Å². The van der Waals surface area contributed by atoms with Gasteiger partial charge in [0.15, 0.2) is 5.82 Å². The summed E-state index contributed by atoms with van der Waals surface area (Å²) in [5, 5.41) is 13.9. The lowest BCUT2D eigenvalue weighted by atomic mass is 9.87. The highest BCUT2D eigenvalue weighted by atomic mass is 16.2.